The van der Waals surface area contributed by atoms with Crippen LogP contribution in [-0.4, -0.2) is 37.4 Å². The summed E-state index contributed by atoms with van der Waals surface area (Å²) in [5.41, 5.74) is 1.38. The van der Waals surface area contributed by atoms with Crippen LogP contribution >= 0.6 is 0 Å². The number of carbonyl (C=O) groups is 1. The first-order valence-corrected chi connectivity index (χ1v) is 10.3. The second kappa shape index (κ2) is 7.91. The van der Waals surface area contributed by atoms with Crippen LogP contribution in [0.2, 0.25) is 0 Å². The van der Waals surface area contributed by atoms with Crippen molar-refractivity contribution in [2.45, 2.75) is 38.0 Å². The maximum Gasteiger partial charge on any atom is 0.262 e. The van der Waals surface area contributed by atoms with Crippen molar-refractivity contribution < 1.29 is 13.2 Å². The zero-order valence-corrected chi connectivity index (χ0v) is 16.2. The number of carbonyl (C=O) groups excluding carboxylic acids is 1. The number of aryl methyl sites for hydroxylation is 1. The number of rotatable bonds is 5. The predicted molar refractivity (Wildman–Crippen MR) is 104 cm³/mol. The Bertz CT molecular complexity index is 923. The summed E-state index contributed by atoms with van der Waals surface area (Å²) in [5, 5.41) is 2.63. The molecule has 144 valence electrons. The number of hydrogen-bond donors (Lipinski definition) is 2. The summed E-state index contributed by atoms with van der Waals surface area (Å²) < 4.78 is 27.9. The Morgan fingerprint density at radius 2 is 1.74 bits per heavy atom. The minimum absolute atomic E-state index is 0.136. The molecule has 9 heteroatoms. The summed E-state index contributed by atoms with van der Waals surface area (Å²) in [5.74, 6) is 0.405. The minimum Gasteiger partial charge on any atom is -0.341 e. The van der Waals surface area contributed by atoms with Gasteiger partial charge in [-0.1, -0.05) is 0 Å². The Balaban J connectivity index is 1.75. The number of hydrogen-bond acceptors (Lipinski definition) is 6. The molecule has 8 nitrogen and oxygen atoms in total. The fourth-order valence-electron chi connectivity index (χ4n) is 3.07. The topological polar surface area (TPSA) is 104 Å². The Labute approximate surface area is 159 Å². The van der Waals surface area contributed by atoms with Crippen LogP contribution in [0.1, 0.15) is 31.7 Å². The Morgan fingerprint density at radius 1 is 1.07 bits per heavy atom. The van der Waals surface area contributed by atoms with Gasteiger partial charge in [0.25, 0.3) is 10.0 Å². The normalized spacial score (nSPS) is 14.7. The molecule has 2 aromatic rings. The zero-order chi connectivity index (χ0) is 19.4. The fourth-order valence-corrected chi connectivity index (χ4v) is 4.33. The maximum absolute atomic E-state index is 12.7. The van der Waals surface area contributed by atoms with E-state index in [-0.39, 0.29) is 10.8 Å². The van der Waals surface area contributed by atoms with Crippen molar-refractivity contribution >= 4 is 33.3 Å². The third-order valence-electron chi connectivity index (χ3n) is 4.31. The van der Waals surface area contributed by atoms with Crippen molar-refractivity contribution in [1.82, 2.24) is 9.97 Å². The Morgan fingerprint density at radius 3 is 2.33 bits per heavy atom. The lowest BCUT2D eigenvalue weighted by Gasteiger charge is -2.26. The van der Waals surface area contributed by atoms with Gasteiger partial charge < -0.3 is 10.2 Å². The number of anilines is 3. The lowest BCUT2D eigenvalue weighted by molar-refractivity contribution is -0.114. The van der Waals surface area contributed by atoms with Crippen LogP contribution in [-0.2, 0) is 14.8 Å². The molecule has 1 fully saturated rings. The van der Waals surface area contributed by atoms with Crippen LogP contribution in [0.5, 0.6) is 0 Å². The van der Waals surface area contributed by atoms with E-state index in [2.05, 4.69) is 24.9 Å². The molecule has 2 N–H and O–H groups in total. The third kappa shape index (κ3) is 4.73. The molecule has 0 unspecified atom stereocenters. The van der Waals surface area contributed by atoms with Crippen molar-refractivity contribution in [1.29, 1.82) is 0 Å². The minimum atomic E-state index is -3.78. The van der Waals surface area contributed by atoms with Gasteiger partial charge in [0, 0.05) is 25.7 Å². The number of sulfonamides is 1. The first kappa shape index (κ1) is 19.1. The van der Waals surface area contributed by atoms with Crippen LogP contribution in [0.15, 0.2) is 35.5 Å². The Kier molecular flexibility index (Phi) is 5.59. The molecule has 1 aromatic heterocycles. The summed E-state index contributed by atoms with van der Waals surface area (Å²) in [6, 6.07) is 4.64. The van der Waals surface area contributed by atoms with Crippen molar-refractivity contribution in [3.8, 4) is 0 Å². The van der Waals surface area contributed by atoms with Crippen LogP contribution < -0.4 is 14.9 Å². The molecular formula is C18H23N5O3S. The molecule has 0 atom stereocenters. The van der Waals surface area contributed by atoms with Crippen molar-refractivity contribution in [3.63, 3.8) is 0 Å². The number of amides is 1. The molecule has 1 amide bonds. The summed E-state index contributed by atoms with van der Waals surface area (Å²) in [7, 11) is -3.78. The van der Waals surface area contributed by atoms with E-state index < -0.39 is 10.0 Å². The highest BCUT2D eigenvalue weighted by molar-refractivity contribution is 7.92. The van der Waals surface area contributed by atoms with Crippen LogP contribution in [0, 0.1) is 6.92 Å². The van der Waals surface area contributed by atoms with Gasteiger partial charge in [-0.15, -0.1) is 0 Å². The summed E-state index contributed by atoms with van der Waals surface area (Å²) in [6.07, 6.45) is 6.41. The monoisotopic (exact) mass is 389 g/mol. The van der Waals surface area contributed by atoms with E-state index in [1.165, 1.54) is 31.8 Å². The van der Waals surface area contributed by atoms with Crippen molar-refractivity contribution in [3.05, 3.63) is 36.2 Å². The van der Waals surface area contributed by atoms with E-state index in [4.69, 9.17) is 0 Å². The lowest BCUT2D eigenvalue weighted by Crippen LogP contribution is -2.30. The van der Waals surface area contributed by atoms with Gasteiger partial charge in [0.15, 0.2) is 0 Å². The van der Waals surface area contributed by atoms with Gasteiger partial charge in [0.1, 0.15) is 0 Å². The maximum atomic E-state index is 12.7. The molecule has 0 bridgehead atoms. The molecule has 1 saturated heterocycles. The first-order valence-electron chi connectivity index (χ1n) is 8.83. The summed E-state index contributed by atoms with van der Waals surface area (Å²) >= 11 is 0. The highest BCUT2D eigenvalue weighted by atomic mass is 32.2. The molecule has 0 aliphatic carbocycles. The van der Waals surface area contributed by atoms with Crippen LogP contribution in [0.3, 0.4) is 0 Å². The first-order chi connectivity index (χ1) is 12.8. The molecule has 0 saturated carbocycles. The van der Waals surface area contributed by atoms with E-state index in [0.717, 1.165) is 25.9 Å². The third-order valence-corrected chi connectivity index (χ3v) is 5.86. The van der Waals surface area contributed by atoms with E-state index in [0.29, 0.717) is 22.9 Å². The van der Waals surface area contributed by atoms with Gasteiger partial charge in [-0.25, -0.2) is 18.4 Å². The van der Waals surface area contributed by atoms with Crippen LogP contribution in [0.25, 0.3) is 0 Å². The van der Waals surface area contributed by atoms with E-state index >= 15 is 0 Å². The highest BCUT2D eigenvalue weighted by Gasteiger charge is 2.19. The average molecular weight is 389 g/mol. The largest absolute Gasteiger partial charge is 0.341 e. The van der Waals surface area contributed by atoms with Gasteiger partial charge in [-0.05, 0) is 49.9 Å². The molecule has 2 heterocycles. The molecule has 1 aliphatic heterocycles. The van der Waals surface area contributed by atoms with Crippen molar-refractivity contribution in [2.75, 3.05) is 28.0 Å². The van der Waals surface area contributed by atoms with Gasteiger partial charge in [-0.2, -0.15) is 0 Å². The number of nitrogens with one attached hydrogen (secondary N) is 2. The number of aromatic nitrogens is 2. The SMILES string of the molecule is CC(=O)Nc1ccc(S(=O)(=O)Nc2cnc(N3CCCCC3)nc2)c(C)c1. The quantitative estimate of drug-likeness (QED) is 0.814. The molecular weight excluding hydrogens is 366 g/mol. The smallest absolute Gasteiger partial charge is 0.262 e. The van der Waals surface area contributed by atoms with Gasteiger partial charge in [0.2, 0.25) is 11.9 Å². The molecule has 3 rings (SSSR count). The second-order valence-electron chi connectivity index (χ2n) is 6.59. The second-order valence-corrected chi connectivity index (χ2v) is 8.24. The molecule has 0 spiro atoms. The van der Waals surface area contributed by atoms with E-state index in [9.17, 15) is 13.2 Å². The zero-order valence-electron chi connectivity index (χ0n) is 15.4. The van der Waals surface area contributed by atoms with Gasteiger partial charge in [-0.3, -0.25) is 9.52 Å². The molecule has 1 aliphatic rings. The lowest BCUT2D eigenvalue weighted by atomic mass is 10.1. The predicted octanol–water partition coefficient (Wildman–Crippen LogP) is 2.53. The van der Waals surface area contributed by atoms with E-state index in [1.807, 2.05) is 0 Å². The summed E-state index contributed by atoms with van der Waals surface area (Å²) in [6.45, 7) is 4.92. The highest BCUT2D eigenvalue weighted by Crippen LogP contribution is 2.23. The molecule has 0 radical (unpaired) electrons. The van der Waals surface area contributed by atoms with Crippen LogP contribution in [0.4, 0.5) is 17.3 Å². The number of piperidine rings is 1. The number of benzene rings is 1. The van der Waals surface area contributed by atoms with Gasteiger partial charge in [0.05, 0.1) is 23.0 Å². The van der Waals surface area contributed by atoms with Gasteiger partial charge >= 0.3 is 0 Å². The summed E-state index contributed by atoms with van der Waals surface area (Å²) in [4.78, 5) is 21.9. The average Bonchev–Trinajstić information content (AvgIpc) is 2.62. The standard InChI is InChI=1S/C18H23N5O3S/c1-13-10-15(21-14(2)24)6-7-17(13)27(25,26)22-16-11-19-18(20-12-16)23-8-4-3-5-9-23/h6-7,10-12,22H,3-5,8-9H2,1-2H3,(H,21,24). The number of nitrogens with zero attached hydrogens (tertiary/aromatic N) is 3. The fraction of sp³-hybridized carbons (Fsp3) is 0.389. The Hall–Kier alpha value is -2.68. The van der Waals surface area contributed by atoms with E-state index in [1.54, 1.807) is 19.1 Å². The molecule has 27 heavy (non-hydrogen) atoms. The molecule has 1 aromatic carbocycles. The van der Waals surface area contributed by atoms with Crippen molar-refractivity contribution in [2.24, 2.45) is 0 Å².